The molecule has 0 amide bonds. The average molecular weight is 395 g/mol. The summed E-state index contributed by atoms with van der Waals surface area (Å²) in [4.78, 5) is 23.2. The number of ether oxygens (including phenoxy) is 1. The Hall–Kier alpha value is -2.86. The highest BCUT2D eigenvalue weighted by Gasteiger charge is 2.38. The van der Waals surface area contributed by atoms with Gasteiger partial charge in [0.1, 0.15) is 17.4 Å². The predicted molar refractivity (Wildman–Crippen MR) is 108 cm³/mol. The van der Waals surface area contributed by atoms with Crippen LogP contribution in [0, 0.1) is 11.8 Å². The standard InChI is InChI=1S/C23H25NO5/c25-22(26)19-11-15(14-4-2-1-3-5-14)7-9-21(19)29-18-8-6-16-13-24-20(23(27)28)12-17(16)10-18/h1-5,7,9,11,16-18,20,24H,6,8,10,12-13H2,(H,25,26)(H,27,28)/t16-,17+,18-,20-/m0/s1. The molecular formula is C23H25NO5. The zero-order valence-corrected chi connectivity index (χ0v) is 16.1. The van der Waals surface area contributed by atoms with Gasteiger partial charge in [0.2, 0.25) is 0 Å². The maximum Gasteiger partial charge on any atom is 0.339 e. The maximum atomic E-state index is 11.8. The Balaban J connectivity index is 1.50. The molecule has 1 heterocycles. The Morgan fingerprint density at radius 2 is 1.72 bits per heavy atom. The molecule has 2 aromatic carbocycles. The largest absolute Gasteiger partial charge is 0.490 e. The first-order valence-electron chi connectivity index (χ1n) is 10.1. The van der Waals surface area contributed by atoms with E-state index in [4.69, 9.17) is 4.74 Å². The maximum absolute atomic E-state index is 11.8. The molecule has 3 N–H and O–H groups in total. The highest BCUT2D eigenvalue weighted by molar-refractivity contribution is 5.92. The summed E-state index contributed by atoms with van der Waals surface area (Å²) < 4.78 is 6.13. The van der Waals surface area contributed by atoms with Gasteiger partial charge in [-0.3, -0.25) is 4.79 Å². The van der Waals surface area contributed by atoms with E-state index in [-0.39, 0.29) is 17.6 Å². The van der Waals surface area contributed by atoms with Gasteiger partial charge in [0, 0.05) is 0 Å². The van der Waals surface area contributed by atoms with Crippen LogP contribution in [0.4, 0.5) is 0 Å². The normalized spacial score (nSPS) is 26.3. The number of nitrogens with one attached hydrogen (secondary N) is 1. The lowest BCUT2D eigenvalue weighted by molar-refractivity contribution is -0.141. The second-order valence-corrected chi connectivity index (χ2v) is 7.99. The van der Waals surface area contributed by atoms with Crippen LogP contribution in [-0.2, 0) is 4.79 Å². The van der Waals surface area contributed by atoms with E-state index < -0.39 is 18.0 Å². The fourth-order valence-electron chi connectivity index (χ4n) is 4.61. The summed E-state index contributed by atoms with van der Waals surface area (Å²) in [5.41, 5.74) is 1.94. The van der Waals surface area contributed by atoms with Gasteiger partial charge in [0.25, 0.3) is 0 Å². The first-order valence-corrected chi connectivity index (χ1v) is 10.1. The molecule has 6 heteroatoms. The Labute approximate surface area is 169 Å². The molecule has 0 bridgehead atoms. The molecule has 1 aliphatic carbocycles. The van der Waals surface area contributed by atoms with E-state index in [1.165, 1.54) is 0 Å². The van der Waals surface area contributed by atoms with Gasteiger partial charge in [0.15, 0.2) is 0 Å². The number of carboxylic acids is 2. The molecule has 2 fully saturated rings. The number of hydrogen-bond acceptors (Lipinski definition) is 4. The van der Waals surface area contributed by atoms with Gasteiger partial charge in [-0.25, -0.2) is 4.79 Å². The molecule has 1 saturated carbocycles. The molecule has 29 heavy (non-hydrogen) atoms. The van der Waals surface area contributed by atoms with Crippen molar-refractivity contribution < 1.29 is 24.5 Å². The number of aliphatic carboxylic acids is 1. The minimum absolute atomic E-state index is 0.0931. The van der Waals surface area contributed by atoms with E-state index in [2.05, 4.69) is 5.32 Å². The van der Waals surface area contributed by atoms with E-state index >= 15 is 0 Å². The fraction of sp³-hybridized carbons (Fsp3) is 0.391. The minimum Gasteiger partial charge on any atom is -0.490 e. The van der Waals surface area contributed by atoms with Crippen molar-refractivity contribution in [2.75, 3.05) is 6.54 Å². The summed E-state index contributed by atoms with van der Waals surface area (Å²) >= 11 is 0. The molecule has 0 aromatic heterocycles. The van der Waals surface area contributed by atoms with Gasteiger partial charge in [-0.15, -0.1) is 0 Å². The third kappa shape index (κ3) is 4.27. The lowest BCUT2D eigenvalue weighted by Gasteiger charge is -2.41. The van der Waals surface area contributed by atoms with Crippen molar-refractivity contribution in [1.82, 2.24) is 5.32 Å². The quantitative estimate of drug-likeness (QED) is 0.715. The number of hydrogen-bond donors (Lipinski definition) is 3. The Morgan fingerprint density at radius 3 is 2.45 bits per heavy atom. The van der Waals surface area contributed by atoms with Crippen molar-refractivity contribution in [2.45, 2.75) is 37.8 Å². The second-order valence-electron chi connectivity index (χ2n) is 7.99. The smallest absolute Gasteiger partial charge is 0.339 e. The van der Waals surface area contributed by atoms with E-state index in [1.807, 2.05) is 36.4 Å². The molecule has 0 radical (unpaired) electrons. The number of piperidine rings is 1. The zero-order chi connectivity index (χ0) is 20.4. The predicted octanol–water partition coefficient (Wildman–Crippen LogP) is 3.66. The van der Waals surface area contributed by atoms with E-state index in [0.717, 1.165) is 36.9 Å². The van der Waals surface area contributed by atoms with E-state index in [1.54, 1.807) is 12.1 Å². The molecule has 0 unspecified atom stereocenters. The Morgan fingerprint density at radius 1 is 0.931 bits per heavy atom. The molecular weight excluding hydrogens is 370 g/mol. The van der Waals surface area contributed by atoms with Gasteiger partial charge in [-0.1, -0.05) is 36.4 Å². The van der Waals surface area contributed by atoms with Crippen LogP contribution >= 0.6 is 0 Å². The number of carbonyl (C=O) groups is 2. The zero-order valence-electron chi connectivity index (χ0n) is 16.1. The highest BCUT2D eigenvalue weighted by atomic mass is 16.5. The third-order valence-corrected chi connectivity index (χ3v) is 6.17. The van der Waals surface area contributed by atoms with Crippen LogP contribution in [0.5, 0.6) is 5.75 Å². The van der Waals surface area contributed by atoms with Crippen molar-refractivity contribution in [3.8, 4) is 16.9 Å². The summed E-state index contributed by atoms with van der Waals surface area (Å²) in [5, 5.41) is 22.1. The molecule has 0 spiro atoms. The Kier molecular flexibility index (Phi) is 5.53. The number of carboxylic acid groups (broad SMARTS) is 2. The lowest BCUT2D eigenvalue weighted by Crippen LogP contribution is -2.50. The fourth-order valence-corrected chi connectivity index (χ4v) is 4.61. The van der Waals surface area contributed by atoms with Gasteiger partial charge >= 0.3 is 11.9 Å². The third-order valence-electron chi connectivity index (χ3n) is 6.17. The number of benzene rings is 2. The van der Waals surface area contributed by atoms with E-state index in [9.17, 15) is 19.8 Å². The molecule has 2 aromatic rings. The van der Waals surface area contributed by atoms with Crippen molar-refractivity contribution in [3.05, 3.63) is 54.1 Å². The molecule has 152 valence electrons. The van der Waals surface area contributed by atoms with Crippen LogP contribution in [0.2, 0.25) is 0 Å². The first-order chi connectivity index (χ1) is 14.0. The van der Waals surface area contributed by atoms with Crippen LogP contribution in [0.25, 0.3) is 11.1 Å². The van der Waals surface area contributed by atoms with Crippen LogP contribution in [0.3, 0.4) is 0 Å². The molecule has 4 rings (SSSR count). The second kappa shape index (κ2) is 8.25. The van der Waals surface area contributed by atoms with Gasteiger partial charge in [-0.05, 0) is 67.3 Å². The van der Waals surface area contributed by atoms with E-state index in [0.29, 0.717) is 18.1 Å². The van der Waals surface area contributed by atoms with Gasteiger partial charge < -0.3 is 20.3 Å². The topological polar surface area (TPSA) is 95.9 Å². The van der Waals surface area contributed by atoms with Crippen LogP contribution in [0.15, 0.2) is 48.5 Å². The molecule has 1 aliphatic heterocycles. The number of rotatable bonds is 5. The summed E-state index contributed by atoms with van der Waals surface area (Å²) in [5.74, 6) is -0.697. The first kappa shape index (κ1) is 19.5. The minimum atomic E-state index is -1.01. The van der Waals surface area contributed by atoms with Gasteiger partial charge in [-0.2, -0.15) is 0 Å². The Bertz CT molecular complexity index is 897. The monoisotopic (exact) mass is 395 g/mol. The van der Waals surface area contributed by atoms with Crippen molar-refractivity contribution in [3.63, 3.8) is 0 Å². The van der Waals surface area contributed by atoms with Gasteiger partial charge in [0.05, 0.1) is 6.10 Å². The van der Waals surface area contributed by atoms with Crippen molar-refractivity contribution in [1.29, 1.82) is 0 Å². The number of aromatic carboxylic acids is 1. The molecule has 6 nitrogen and oxygen atoms in total. The number of fused-ring (bicyclic) bond motifs is 1. The summed E-state index contributed by atoms with van der Waals surface area (Å²) in [6, 6.07) is 14.4. The summed E-state index contributed by atoms with van der Waals surface area (Å²) in [6.07, 6.45) is 3.07. The van der Waals surface area contributed by atoms with Crippen molar-refractivity contribution in [2.24, 2.45) is 11.8 Å². The molecule has 4 atom stereocenters. The highest BCUT2D eigenvalue weighted by Crippen LogP contribution is 2.38. The van der Waals surface area contributed by atoms with Crippen LogP contribution in [-0.4, -0.2) is 40.8 Å². The average Bonchev–Trinajstić information content (AvgIpc) is 2.74. The molecule has 1 saturated heterocycles. The molecule has 2 aliphatic rings. The SMILES string of the molecule is O=C(O)c1cc(-c2ccccc2)ccc1O[C@H]1CC[C@H]2CN[C@H](C(=O)O)C[C@H]2C1. The summed E-state index contributed by atoms with van der Waals surface area (Å²) in [6.45, 7) is 0.723. The summed E-state index contributed by atoms with van der Waals surface area (Å²) in [7, 11) is 0. The van der Waals surface area contributed by atoms with Crippen molar-refractivity contribution >= 4 is 11.9 Å². The lowest BCUT2D eigenvalue weighted by atomic mass is 9.72. The van der Waals surface area contributed by atoms with Crippen LogP contribution < -0.4 is 10.1 Å². The van der Waals surface area contributed by atoms with Crippen LogP contribution in [0.1, 0.15) is 36.0 Å².